The fourth-order valence-corrected chi connectivity index (χ4v) is 2.96. The van der Waals surface area contributed by atoms with E-state index in [9.17, 15) is 4.39 Å². The molecule has 0 saturated heterocycles. The van der Waals surface area contributed by atoms with Crippen LogP contribution in [0.5, 0.6) is 5.75 Å². The van der Waals surface area contributed by atoms with Gasteiger partial charge in [-0.3, -0.25) is 0 Å². The van der Waals surface area contributed by atoms with Gasteiger partial charge in [0, 0.05) is 16.7 Å². The van der Waals surface area contributed by atoms with E-state index >= 15 is 0 Å². The van der Waals surface area contributed by atoms with Crippen LogP contribution in [0, 0.1) is 5.82 Å². The quantitative estimate of drug-likeness (QED) is 0.692. The minimum absolute atomic E-state index is 0.273. The largest absolute Gasteiger partial charge is 0.460 e. The van der Waals surface area contributed by atoms with Gasteiger partial charge in [-0.1, -0.05) is 30.3 Å². The van der Waals surface area contributed by atoms with E-state index in [2.05, 4.69) is 0 Å². The molecule has 4 nitrogen and oxygen atoms in total. The monoisotopic (exact) mass is 325 g/mol. The van der Waals surface area contributed by atoms with Crippen molar-refractivity contribution in [3.63, 3.8) is 0 Å². The summed E-state index contributed by atoms with van der Waals surface area (Å²) in [6.07, 6.45) is 5.38. The molecule has 1 aromatic heterocycles. The highest BCUT2D eigenvalue weighted by atomic mass is 19.1. The lowest BCUT2D eigenvalue weighted by Gasteiger charge is -2.28. The van der Waals surface area contributed by atoms with Gasteiger partial charge in [0.25, 0.3) is 0 Å². The SMILES string of the molecule is C[n+]1ccn(Cc2cc(F)cc3c2O[C@H](c2ccccc2)OC3)c1. The molecule has 0 fully saturated rings. The molecule has 2 aromatic carbocycles. The van der Waals surface area contributed by atoms with E-state index < -0.39 is 6.29 Å². The summed E-state index contributed by atoms with van der Waals surface area (Å²) < 4.78 is 29.7. The average molecular weight is 325 g/mol. The standard InChI is InChI=1S/C19H18FN2O2/c1-21-7-8-22(13-21)11-15-9-17(20)10-16-12-23-19(24-18(15)16)14-5-3-2-4-6-14/h2-10,13,19H,11-12H2,1H3/q+1/t19-/m1/s1. The molecular formula is C19H18FN2O2+. The van der Waals surface area contributed by atoms with Crippen LogP contribution in [0.1, 0.15) is 23.0 Å². The highest BCUT2D eigenvalue weighted by molar-refractivity contribution is 5.43. The van der Waals surface area contributed by atoms with Crippen LogP contribution in [0.3, 0.4) is 0 Å². The van der Waals surface area contributed by atoms with E-state index in [1.54, 1.807) is 0 Å². The lowest BCUT2D eigenvalue weighted by Crippen LogP contribution is -2.24. The molecule has 0 spiro atoms. The molecule has 1 aliphatic rings. The molecular weight excluding hydrogens is 307 g/mol. The summed E-state index contributed by atoms with van der Waals surface area (Å²) in [6, 6.07) is 12.8. The number of aryl methyl sites for hydroxylation is 1. The summed E-state index contributed by atoms with van der Waals surface area (Å²) in [5, 5.41) is 0. The van der Waals surface area contributed by atoms with Gasteiger partial charge in [0.15, 0.2) is 0 Å². The van der Waals surface area contributed by atoms with Crippen molar-refractivity contribution in [2.75, 3.05) is 0 Å². The van der Waals surface area contributed by atoms with Crippen molar-refractivity contribution in [3.8, 4) is 5.75 Å². The molecule has 0 aliphatic carbocycles. The van der Waals surface area contributed by atoms with Crippen LogP contribution in [-0.2, 0) is 24.9 Å². The Labute approximate surface area is 139 Å². The summed E-state index contributed by atoms with van der Waals surface area (Å²) in [4.78, 5) is 0. The topological polar surface area (TPSA) is 27.3 Å². The van der Waals surface area contributed by atoms with Crippen molar-refractivity contribution in [2.24, 2.45) is 7.05 Å². The van der Waals surface area contributed by atoms with Gasteiger partial charge in [-0.2, -0.15) is 0 Å². The zero-order chi connectivity index (χ0) is 16.5. The van der Waals surface area contributed by atoms with Crippen molar-refractivity contribution >= 4 is 0 Å². The molecule has 122 valence electrons. The van der Waals surface area contributed by atoms with E-state index in [1.165, 1.54) is 12.1 Å². The number of benzene rings is 2. The Morgan fingerprint density at radius 2 is 2.08 bits per heavy atom. The molecule has 2 heterocycles. The third-order valence-corrected chi connectivity index (χ3v) is 4.07. The van der Waals surface area contributed by atoms with Gasteiger partial charge in [0.2, 0.25) is 12.6 Å². The molecule has 5 heteroatoms. The number of nitrogens with zero attached hydrogens (tertiary/aromatic N) is 2. The number of hydrogen-bond acceptors (Lipinski definition) is 2. The summed E-state index contributed by atoms with van der Waals surface area (Å²) in [7, 11) is 1.95. The van der Waals surface area contributed by atoms with Crippen LogP contribution in [0.15, 0.2) is 61.2 Å². The maximum Gasteiger partial charge on any atom is 0.243 e. The van der Waals surface area contributed by atoms with Crippen LogP contribution in [-0.4, -0.2) is 4.57 Å². The molecule has 0 N–H and O–H groups in total. The second-order valence-electron chi connectivity index (χ2n) is 5.98. The first-order valence-corrected chi connectivity index (χ1v) is 7.84. The molecule has 0 bridgehead atoms. The van der Waals surface area contributed by atoms with Crippen molar-refractivity contribution in [3.05, 3.63) is 83.7 Å². The van der Waals surface area contributed by atoms with E-state index in [4.69, 9.17) is 9.47 Å². The van der Waals surface area contributed by atoms with Gasteiger partial charge in [0.05, 0.1) is 13.7 Å². The minimum Gasteiger partial charge on any atom is -0.460 e. The van der Waals surface area contributed by atoms with Crippen molar-refractivity contribution in [1.82, 2.24) is 4.57 Å². The normalized spacial score (nSPS) is 16.5. The van der Waals surface area contributed by atoms with E-state index in [1.807, 2.05) is 65.2 Å². The number of rotatable bonds is 3. The zero-order valence-electron chi connectivity index (χ0n) is 13.4. The summed E-state index contributed by atoms with van der Waals surface area (Å²) in [6.45, 7) is 0.877. The second-order valence-corrected chi connectivity index (χ2v) is 5.98. The number of hydrogen-bond donors (Lipinski definition) is 0. The third-order valence-electron chi connectivity index (χ3n) is 4.07. The molecule has 3 aromatic rings. The fraction of sp³-hybridized carbons (Fsp3) is 0.211. The first kappa shape index (κ1) is 14.9. The van der Waals surface area contributed by atoms with Crippen molar-refractivity contribution in [2.45, 2.75) is 19.4 Å². The Balaban J connectivity index is 1.68. The Morgan fingerprint density at radius 1 is 1.25 bits per heavy atom. The minimum atomic E-state index is -0.469. The summed E-state index contributed by atoms with van der Waals surface area (Å²) in [5.74, 6) is 0.443. The second kappa shape index (κ2) is 6.09. The lowest BCUT2D eigenvalue weighted by atomic mass is 10.1. The summed E-state index contributed by atoms with van der Waals surface area (Å²) in [5.41, 5.74) is 2.50. The van der Waals surface area contributed by atoms with Gasteiger partial charge >= 0.3 is 0 Å². The molecule has 24 heavy (non-hydrogen) atoms. The van der Waals surface area contributed by atoms with Crippen LogP contribution < -0.4 is 9.30 Å². The zero-order valence-corrected chi connectivity index (χ0v) is 13.4. The van der Waals surface area contributed by atoms with Crippen LogP contribution in [0.25, 0.3) is 0 Å². The Kier molecular flexibility index (Phi) is 3.78. The van der Waals surface area contributed by atoms with Gasteiger partial charge in [0.1, 0.15) is 30.5 Å². The van der Waals surface area contributed by atoms with Crippen LogP contribution >= 0.6 is 0 Å². The number of halogens is 1. The van der Waals surface area contributed by atoms with E-state index in [0.717, 1.165) is 16.7 Å². The highest BCUT2D eigenvalue weighted by Gasteiger charge is 2.25. The first-order valence-electron chi connectivity index (χ1n) is 7.84. The van der Waals surface area contributed by atoms with Gasteiger partial charge in [-0.25, -0.2) is 13.5 Å². The highest BCUT2D eigenvalue weighted by Crippen LogP contribution is 2.36. The smallest absolute Gasteiger partial charge is 0.243 e. The molecule has 1 atom stereocenters. The summed E-state index contributed by atoms with van der Waals surface area (Å²) >= 11 is 0. The fourth-order valence-electron chi connectivity index (χ4n) is 2.96. The number of imidazole rings is 1. The predicted octanol–water partition coefficient (Wildman–Crippen LogP) is 3.11. The van der Waals surface area contributed by atoms with Crippen LogP contribution in [0.4, 0.5) is 4.39 Å². The molecule has 0 saturated carbocycles. The number of ether oxygens (including phenoxy) is 2. The predicted molar refractivity (Wildman–Crippen MR) is 85.7 cm³/mol. The van der Waals surface area contributed by atoms with Gasteiger partial charge in [-0.05, 0) is 12.1 Å². The Hall–Kier alpha value is -2.66. The van der Waals surface area contributed by atoms with Crippen molar-refractivity contribution in [1.29, 1.82) is 0 Å². The molecule has 0 radical (unpaired) electrons. The molecule has 0 amide bonds. The van der Waals surface area contributed by atoms with E-state index in [-0.39, 0.29) is 5.82 Å². The van der Waals surface area contributed by atoms with Crippen molar-refractivity contribution < 1.29 is 18.4 Å². The maximum absolute atomic E-state index is 14.0. The average Bonchev–Trinajstić information content (AvgIpc) is 3.00. The number of fused-ring (bicyclic) bond motifs is 1. The molecule has 1 aliphatic heterocycles. The maximum atomic E-state index is 14.0. The Bertz CT molecular complexity index is 861. The lowest BCUT2D eigenvalue weighted by molar-refractivity contribution is -0.671. The van der Waals surface area contributed by atoms with Crippen LogP contribution in [0.2, 0.25) is 0 Å². The first-order chi connectivity index (χ1) is 11.7. The van der Waals surface area contributed by atoms with E-state index in [0.29, 0.717) is 18.9 Å². The van der Waals surface area contributed by atoms with Gasteiger partial charge < -0.3 is 9.47 Å². The Morgan fingerprint density at radius 3 is 2.83 bits per heavy atom. The third kappa shape index (κ3) is 2.90. The molecule has 0 unspecified atom stereocenters. The van der Waals surface area contributed by atoms with Gasteiger partial charge in [-0.15, -0.1) is 0 Å². The molecule has 4 rings (SSSR count). The number of aromatic nitrogens is 2.